The normalized spacial score (nSPS) is 32.3. The van der Waals surface area contributed by atoms with E-state index in [9.17, 15) is 4.79 Å². The summed E-state index contributed by atoms with van der Waals surface area (Å²) in [5.74, 6) is 0.837. The molecule has 1 saturated heterocycles. The number of ether oxygens (including phenoxy) is 1. The van der Waals surface area contributed by atoms with Crippen molar-refractivity contribution in [2.45, 2.75) is 64.5 Å². The van der Waals surface area contributed by atoms with Crippen molar-refractivity contribution >= 4 is 11.8 Å². The summed E-state index contributed by atoms with van der Waals surface area (Å²) in [6.45, 7) is 10.6. The summed E-state index contributed by atoms with van der Waals surface area (Å²) in [6.07, 6.45) is 6.34. The lowest BCUT2D eigenvalue weighted by atomic mass is 9.75. The second kappa shape index (κ2) is 6.50. The molecule has 1 spiro atoms. The third kappa shape index (κ3) is 2.64. The van der Waals surface area contributed by atoms with Crippen LogP contribution in [0, 0.1) is 17.3 Å². The van der Waals surface area contributed by atoms with Crippen molar-refractivity contribution in [3.63, 3.8) is 0 Å². The van der Waals surface area contributed by atoms with Crippen LogP contribution in [0.2, 0.25) is 0 Å². The highest BCUT2D eigenvalue weighted by Crippen LogP contribution is 2.65. The molecule has 2 aliphatic carbocycles. The quantitative estimate of drug-likeness (QED) is 0.513. The van der Waals surface area contributed by atoms with E-state index in [1.807, 2.05) is 24.3 Å². The van der Waals surface area contributed by atoms with Gasteiger partial charge in [-0.2, -0.15) is 10.1 Å². The van der Waals surface area contributed by atoms with Crippen LogP contribution in [0.4, 0.5) is 4.79 Å². The number of rotatable bonds is 6. The molecule has 1 aliphatic heterocycles. The van der Waals surface area contributed by atoms with Gasteiger partial charge in [0.2, 0.25) is 0 Å². The zero-order valence-corrected chi connectivity index (χ0v) is 16.6. The fraction of sp³-hybridized carbons (Fsp3) is 0.565. The molecule has 2 saturated carbocycles. The number of amides is 1. The molecular formula is C23H30N2O2. The first-order valence-corrected chi connectivity index (χ1v) is 10.1. The van der Waals surface area contributed by atoms with Gasteiger partial charge in [-0.05, 0) is 48.5 Å². The minimum Gasteiger partial charge on any atom is -0.442 e. The Morgan fingerprint density at radius 3 is 2.81 bits per heavy atom. The summed E-state index contributed by atoms with van der Waals surface area (Å²) in [6, 6.07) is 10.3. The molecule has 27 heavy (non-hydrogen) atoms. The molecule has 4 heteroatoms. The van der Waals surface area contributed by atoms with Gasteiger partial charge >= 0.3 is 6.09 Å². The molecule has 144 valence electrons. The molecule has 1 aromatic carbocycles. The lowest BCUT2D eigenvalue weighted by Gasteiger charge is -2.40. The fourth-order valence-electron chi connectivity index (χ4n) is 5.63. The van der Waals surface area contributed by atoms with Gasteiger partial charge in [0.15, 0.2) is 0 Å². The number of hydrogen-bond acceptors (Lipinski definition) is 3. The molecule has 0 radical (unpaired) electrons. The summed E-state index contributed by atoms with van der Waals surface area (Å²) in [5, 5.41) is 6.74. The van der Waals surface area contributed by atoms with E-state index in [1.54, 1.807) is 5.01 Å². The van der Waals surface area contributed by atoms with Crippen molar-refractivity contribution in [3.8, 4) is 0 Å². The average Bonchev–Trinajstić information content (AvgIpc) is 3.15. The van der Waals surface area contributed by atoms with Gasteiger partial charge in [-0.25, -0.2) is 4.79 Å². The Morgan fingerprint density at radius 2 is 2.15 bits per heavy atom. The molecule has 2 bridgehead atoms. The van der Waals surface area contributed by atoms with E-state index in [0.717, 1.165) is 37.8 Å². The zero-order valence-electron chi connectivity index (χ0n) is 16.6. The number of hydrogen-bond donors (Lipinski definition) is 0. The van der Waals surface area contributed by atoms with Gasteiger partial charge in [-0.3, -0.25) is 0 Å². The van der Waals surface area contributed by atoms with Crippen LogP contribution in [0.3, 0.4) is 0 Å². The van der Waals surface area contributed by atoms with Crippen LogP contribution < -0.4 is 0 Å². The van der Waals surface area contributed by atoms with Crippen LogP contribution in [0.15, 0.2) is 48.1 Å². The molecule has 4 nitrogen and oxygen atoms in total. The maximum absolute atomic E-state index is 12.8. The molecule has 4 rings (SSSR count). The first-order chi connectivity index (χ1) is 12.9. The highest BCUT2D eigenvalue weighted by Gasteiger charge is 2.73. The Labute approximate surface area is 162 Å². The van der Waals surface area contributed by atoms with Crippen LogP contribution in [0.25, 0.3) is 0 Å². The van der Waals surface area contributed by atoms with Crippen LogP contribution in [-0.4, -0.2) is 28.5 Å². The van der Waals surface area contributed by atoms with E-state index in [0.29, 0.717) is 5.92 Å². The smallest absolute Gasteiger partial charge is 0.431 e. The van der Waals surface area contributed by atoms with E-state index >= 15 is 0 Å². The Bertz CT molecular complexity index is 770. The van der Waals surface area contributed by atoms with Gasteiger partial charge < -0.3 is 4.74 Å². The highest BCUT2D eigenvalue weighted by molar-refractivity contribution is 5.90. The summed E-state index contributed by atoms with van der Waals surface area (Å²) in [5.41, 5.74) is 1.99. The summed E-state index contributed by atoms with van der Waals surface area (Å²) < 4.78 is 5.81. The number of benzene rings is 1. The topological polar surface area (TPSA) is 41.9 Å². The molecule has 4 atom stereocenters. The monoisotopic (exact) mass is 366 g/mol. The van der Waals surface area contributed by atoms with E-state index in [1.165, 1.54) is 5.56 Å². The predicted octanol–water partition coefficient (Wildman–Crippen LogP) is 5.20. The maximum atomic E-state index is 12.8. The molecular weight excluding hydrogens is 336 g/mol. The third-order valence-corrected chi connectivity index (χ3v) is 7.38. The van der Waals surface area contributed by atoms with Gasteiger partial charge in [0.05, 0.1) is 0 Å². The molecule has 1 amide bonds. The van der Waals surface area contributed by atoms with Crippen LogP contribution in [0.1, 0.15) is 52.0 Å². The number of allylic oxidation sites excluding steroid dienone is 1. The van der Waals surface area contributed by atoms with Gasteiger partial charge in [0, 0.05) is 12.1 Å². The molecule has 3 fully saturated rings. The van der Waals surface area contributed by atoms with E-state index in [-0.39, 0.29) is 29.1 Å². The Kier molecular flexibility index (Phi) is 4.40. The fourth-order valence-corrected chi connectivity index (χ4v) is 5.63. The number of hydrazone groups is 1. The lowest BCUT2D eigenvalue weighted by Crippen LogP contribution is -2.53. The average molecular weight is 367 g/mol. The highest BCUT2D eigenvalue weighted by atomic mass is 16.6. The van der Waals surface area contributed by atoms with Gasteiger partial charge in [0.25, 0.3) is 0 Å². The van der Waals surface area contributed by atoms with Crippen LogP contribution >= 0.6 is 0 Å². The SMILES string of the molecule is C=CC[C@H](C)/C(Cc1ccccc1)=N\N1C(=O)OC2CC3CCC21C3(C)C. The molecule has 0 aromatic heterocycles. The molecule has 1 heterocycles. The van der Waals surface area contributed by atoms with E-state index in [2.05, 4.69) is 39.5 Å². The van der Waals surface area contributed by atoms with Crippen molar-refractivity contribution in [1.29, 1.82) is 0 Å². The van der Waals surface area contributed by atoms with Gasteiger partial charge in [-0.15, -0.1) is 6.58 Å². The minimum absolute atomic E-state index is 0.0183. The maximum Gasteiger partial charge on any atom is 0.431 e. The van der Waals surface area contributed by atoms with Crippen molar-refractivity contribution < 1.29 is 9.53 Å². The van der Waals surface area contributed by atoms with E-state index < -0.39 is 0 Å². The van der Waals surface area contributed by atoms with Crippen LogP contribution in [-0.2, 0) is 11.2 Å². The zero-order chi connectivity index (χ0) is 19.2. The Morgan fingerprint density at radius 1 is 1.41 bits per heavy atom. The first kappa shape index (κ1) is 18.3. The lowest BCUT2D eigenvalue weighted by molar-refractivity contribution is 0.0566. The molecule has 1 aromatic rings. The van der Waals surface area contributed by atoms with Crippen molar-refractivity contribution in [2.75, 3.05) is 0 Å². The second-order valence-electron chi connectivity index (χ2n) is 8.98. The number of fused-ring (bicyclic) bond motifs is 1. The summed E-state index contributed by atoms with van der Waals surface area (Å²) >= 11 is 0. The Hall–Kier alpha value is -2.10. The minimum atomic E-state index is -0.287. The largest absolute Gasteiger partial charge is 0.442 e. The number of nitrogens with zero attached hydrogens (tertiary/aromatic N) is 2. The summed E-state index contributed by atoms with van der Waals surface area (Å²) in [7, 11) is 0. The molecule has 3 aliphatic rings. The molecule has 0 N–H and O–H groups in total. The standard InChI is InChI=1S/C23H30N2O2/c1-5-9-16(2)19(14-17-10-7-6-8-11-17)24-25-21(26)27-20-15-18-12-13-23(20,25)22(18,3)4/h5-8,10-11,16,18,20H,1,9,12-15H2,2-4H3/b24-19-/t16-,18?,20?,23?/m0/s1. The Balaban J connectivity index is 1.72. The number of carbonyl (C=O) groups excluding carboxylic acids is 1. The number of carbonyl (C=O) groups is 1. The third-order valence-electron chi connectivity index (χ3n) is 7.38. The van der Waals surface area contributed by atoms with Gasteiger partial charge in [-0.1, -0.05) is 57.2 Å². The first-order valence-electron chi connectivity index (χ1n) is 10.1. The molecule has 3 unspecified atom stereocenters. The van der Waals surface area contributed by atoms with E-state index in [4.69, 9.17) is 9.84 Å². The summed E-state index contributed by atoms with van der Waals surface area (Å²) in [4.78, 5) is 12.8. The predicted molar refractivity (Wildman–Crippen MR) is 108 cm³/mol. The van der Waals surface area contributed by atoms with Crippen molar-refractivity contribution in [1.82, 2.24) is 5.01 Å². The van der Waals surface area contributed by atoms with Crippen molar-refractivity contribution in [3.05, 3.63) is 48.6 Å². The van der Waals surface area contributed by atoms with Crippen molar-refractivity contribution in [2.24, 2.45) is 22.4 Å². The van der Waals surface area contributed by atoms with Gasteiger partial charge in [0.1, 0.15) is 11.6 Å². The van der Waals surface area contributed by atoms with Crippen LogP contribution in [0.5, 0.6) is 0 Å². The second-order valence-corrected chi connectivity index (χ2v) is 8.98.